The van der Waals surface area contributed by atoms with Gasteiger partial charge in [0.1, 0.15) is 11.5 Å². The molecule has 2 aliphatic heterocycles. The van der Waals surface area contributed by atoms with Gasteiger partial charge < -0.3 is 15.5 Å². The van der Waals surface area contributed by atoms with E-state index < -0.39 is 15.9 Å². The van der Waals surface area contributed by atoms with Crippen molar-refractivity contribution in [2.75, 3.05) is 31.2 Å². The predicted octanol–water partition coefficient (Wildman–Crippen LogP) is 2.33. The average molecular weight is 521 g/mol. The van der Waals surface area contributed by atoms with Crippen LogP contribution >= 0.6 is 11.3 Å². The van der Waals surface area contributed by atoms with Crippen LogP contribution in [0.1, 0.15) is 59.5 Å². The number of anilines is 1. The van der Waals surface area contributed by atoms with Gasteiger partial charge in [-0.1, -0.05) is 0 Å². The first-order valence-corrected chi connectivity index (χ1v) is 14.4. The molecule has 0 radical (unpaired) electrons. The van der Waals surface area contributed by atoms with Crippen LogP contribution in [0.3, 0.4) is 0 Å². The summed E-state index contributed by atoms with van der Waals surface area (Å²) in [4.78, 5) is 37.9. The highest BCUT2D eigenvalue weighted by atomic mass is 32.2. The molecule has 2 aromatic heterocycles. The second kappa shape index (κ2) is 9.82. The fourth-order valence-corrected chi connectivity index (χ4v) is 6.27. The van der Waals surface area contributed by atoms with Gasteiger partial charge >= 0.3 is 0 Å². The Morgan fingerprint density at radius 2 is 1.97 bits per heavy atom. The Hall–Kier alpha value is -2.57. The van der Waals surface area contributed by atoms with Gasteiger partial charge in [-0.2, -0.15) is 4.31 Å². The topological polar surface area (TPSA) is 125 Å². The number of carbonyl (C=O) groups is 2. The lowest BCUT2D eigenvalue weighted by Gasteiger charge is -2.37. The van der Waals surface area contributed by atoms with Gasteiger partial charge in [0, 0.05) is 43.5 Å². The van der Waals surface area contributed by atoms with Crippen molar-refractivity contribution in [1.82, 2.24) is 24.5 Å². The first-order chi connectivity index (χ1) is 16.4. The number of sulfonamides is 1. The molecule has 0 saturated carbocycles. The van der Waals surface area contributed by atoms with Crippen LogP contribution in [0.5, 0.6) is 0 Å². The van der Waals surface area contributed by atoms with Crippen molar-refractivity contribution in [3.05, 3.63) is 28.5 Å². The van der Waals surface area contributed by atoms with Crippen LogP contribution in [-0.4, -0.2) is 83.4 Å². The highest BCUT2D eigenvalue weighted by molar-refractivity contribution is 7.88. The van der Waals surface area contributed by atoms with E-state index in [9.17, 15) is 18.0 Å². The quantitative estimate of drug-likeness (QED) is 0.574. The minimum Gasteiger partial charge on any atom is -0.368 e. The normalized spacial score (nSPS) is 19.1. The van der Waals surface area contributed by atoms with Crippen LogP contribution in [0, 0.1) is 6.92 Å². The molecule has 0 bridgehead atoms. The number of aryl methyl sites for hydroxylation is 1. The molecule has 1 atom stereocenters. The van der Waals surface area contributed by atoms with Crippen LogP contribution in [0.4, 0.5) is 5.82 Å². The molecule has 2 N–H and O–H groups in total. The number of amides is 2. The molecule has 0 aliphatic carbocycles. The van der Waals surface area contributed by atoms with Gasteiger partial charge in [0.25, 0.3) is 11.8 Å². The maximum Gasteiger partial charge on any atom is 0.280 e. The van der Waals surface area contributed by atoms with Crippen LogP contribution in [0.15, 0.2) is 12.3 Å². The number of hydrogen-bond donors (Lipinski definition) is 2. The van der Waals surface area contributed by atoms with Gasteiger partial charge in [-0.3, -0.25) is 9.59 Å². The van der Waals surface area contributed by atoms with Gasteiger partial charge in [0.2, 0.25) is 10.0 Å². The maximum atomic E-state index is 13.5. The Labute approximate surface area is 210 Å². The van der Waals surface area contributed by atoms with Gasteiger partial charge in [0.15, 0.2) is 5.01 Å². The molecule has 2 aliphatic rings. The van der Waals surface area contributed by atoms with E-state index in [1.54, 1.807) is 6.20 Å². The van der Waals surface area contributed by atoms with Crippen LogP contribution in [-0.2, 0) is 10.0 Å². The lowest BCUT2D eigenvalue weighted by atomic mass is 10.1. The second-order valence-electron chi connectivity index (χ2n) is 9.62. The number of likely N-dealkylation sites (tertiary alicyclic amines) is 1. The zero-order valence-corrected chi connectivity index (χ0v) is 22.3. The maximum absolute atomic E-state index is 13.5. The minimum absolute atomic E-state index is 0.114. The summed E-state index contributed by atoms with van der Waals surface area (Å²) in [6.45, 7) is 9.15. The molecule has 2 aromatic rings. The molecule has 0 unspecified atom stereocenters. The van der Waals surface area contributed by atoms with Crippen molar-refractivity contribution < 1.29 is 18.0 Å². The minimum atomic E-state index is -3.27. The van der Waals surface area contributed by atoms with Crippen LogP contribution in [0.25, 0.3) is 10.4 Å². The van der Waals surface area contributed by atoms with Crippen molar-refractivity contribution >= 4 is 39.0 Å². The number of hydrogen-bond acceptors (Lipinski definition) is 8. The SMILES string of the molecule is Cc1cc(NC(C)C)ncc1-c1sc(C(=O)NC2CN(S(C)(=O)=O)C2)nc1C(=O)N1CCC[C@@H]1C. The summed E-state index contributed by atoms with van der Waals surface area (Å²) in [5.74, 6) is 0.146. The molecule has 4 heterocycles. The molecule has 0 spiro atoms. The summed E-state index contributed by atoms with van der Waals surface area (Å²) in [6, 6.07) is 1.98. The van der Waals surface area contributed by atoms with Crippen LogP contribution in [0.2, 0.25) is 0 Å². The van der Waals surface area contributed by atoms with Crippen molar-refractivity contribution in [2.45, 2.75) is 58.7 Å². The first-order valence-electron chi connectivity index (χ1n) is 11.8. The van der Waals surface area contributed by atoms with Gasteiger partial charge in [0.05, 0.1) is 17.2 Å². The summed E-state index contributed by atoms with van der Waals surface area (Å²) in [5, 5.41) is 6.29. The third kappa shape index (κ3) is 5.49. The van der Waals surface area contributed by atoms with Gasteiger partial charge in [-0.15, -0.1) is 11.3 Å². The number of pyridine rings is 1. The molecular weight excluding hydrogens is 488 g/mol. The molecule has 2 saturated heterocycles. The lowest BCUT2D eigenvalue weighted by molar-refractivity contribution is 0.0743. The van der Waals surface area contributed by atoms with E-state index in [0.717, 1.165) is 47.4 Å². The Bertz CT molecular complexity index is 1240. The van der Waals surface area contributed by atoms with Crippen molar-refractivity contribution in [2.24, 2.45) is 0 Å². The summed E-state index contributed by atoms with van der Waals surface area (Å²) < 4.78 is 24.5. The average Bonchev–Trinajstić information content (AvgIpc) is 3.35. The van der Waals surface area contributed by atoms with Gasteiger partial charge in [-0.05, 0) is 52.2 Å². The van der Waals surface area contributed by atoms with E-state index in [-0.39, 0.29) is 47.8 Å². The zero-order valence-electron chi connectivity index (χ0n) is 20.7. The fraction of sp³-hybridized carbons (Fsp3) is 0.565. The predicted molar refractivity (Wildman–Crippen MR) is 136 cm³/mol. The zero-order chi connectivity index (χ0) is 25.5. The Balaban J connectivity index is 1.63. The molecule has 2 amide bonds. The third-order valence-corrected chi connectivity index (χ3v) is 8.61. The van der Waals surface area contributed by atoms with Crippen LogP contribution < -0.4 is 10.6 Å². The number of rotatable bonds is 7. The second-order valence-corrected chi connectivity index (χ2v) is 12.6. The van der Waals surface area contributed by atoms with E-state index in [0.29, 0.717) is 11.4 Å². The molecule has 190 valence electrons. The highest BCUT2D eigenvalue weighted by Gasteiger charge is 2.36. The molecule has 4 rings (SSSR count). The largest absolute Gasteiger partial charge is 0.368 e. The summed E-state index contributed by atoms with van der Waals surface area (Å²) >= 11 is 1.16. The van der Waals surface area contributed by atoms with E-state index in [2.05, 4.69) is 20.6 Å². The number of thiazole rings is 1. The third-order valence-electron chi connectivity index (χ3n) is 6.28. The molecular formula is C23H32N6O4S2. The fourth-order valence-electron chi connectivity index (χ4n) is 4.33. The molecule has 10 nitrogen and oxygen atoms in total. The Kier molecular flexibility index (Phi) is 7.16. The summed E-state index contributed by atoms with van der Waals surface area (Å²) in [6.07, 6.45) is 4.74. The Morgan fingerprint density at radius 3 is 2.54 bits per heavy atom. The van der Waals surface area contributed by atoms with Crippen molar-refractivity contribution in [3.63, 3.8) is 0 Å². The van der Waals surface area contributed by atoms with E-state index in [4.69, 9.17) is 0 Å². The first kappa shape index (κ1) is 25.5. The van der Waals surface area contributed by atoms with Crippen molar-refractivity contribution in [1.29, 1.82) is 0 Å². The molecule has 12 heteroatoms. The molecule has 2 fully saturated rings. The summed E-state index contributed by atoms with van der Waals surface area (Å²) in [7, 11) is -3.27. The van der Waals surface area contributed by atoms with E-state index in [1.807, 2.05) is 38.7 Å². The number of aromatic nitrogens is 2. The summed E-state index contributed by atoms with van der Waals surface area (Å²) in [5.41, 5.74) is 1.94. The van der Waals surface area contributed by atoms with E-state index >= 15 is 0 Å². The molecule has 0 aromatic carbocycles. The highest BCUT2D eigenvalue weighted by Crippen LogP contribution is 2.35. The number of carbonyl (C=O) groups excluding carboxylic acids is 2. The smallest absolute Gasteiger partial charge is 0.280 e. The van der Waals surface area contributed by atoms with Crippen molar-refractivity contribution in [3.8, 4) is 10.4 Å². The Morgan fingerprint density at radius 1 is 1.26 bits per heavy atom. The number of nitrogens with zero attached hydrogens (tertiary/aromatic N) is 4. The lowest BCUT2D eigenvalue weighted by Crippen LogP contribution is -2.60. The number of nitrogens with one attached hydrogen (secondary N) is 2. The molecule has 35 heavy (non-hydrogen) atoms. The standard InChI is InChI=1S/C23H32N6O4S2/c1-13(2)25-18-9-14(3)17(10-24-18)20-19(23(31)29-8-6-7-15(29)4)27-22(34-20)21(30)26-16-11-28(12-16)35(5,32)33/h9-10,13,15-16H,6-8,11-12H2,1-5H3,(H,24,25)(H,26,30)/t15-/m0/s1. The van der Waals surface area contributed by atoms with Gasteiger partial charge in [-0.25, -0.2) is 18.4 Å². The monoisotopic (exact) mass is 520 g/mol. The van der Waals surface area contributed by atoms with E-state index in [1.165, 1.54) is 4.31 Å².